The molecule has 0 radical (unpaired) electrons. The Labute approximate surface area is 156 Å². The van der Waals surface area contributed by atoms with Gasteiger partial charge < -0.3 is 0 Å². The number of hydrogen-bond acceptors (Lipinski definition) is 3. The van der Waals surface area contributed by atoms with Crippen LogP contribution in [0.5, 0.6) is 0 Å². The van der Waals surface area contributed by atoms with Crippen LogP contribution in [0.1, 0.15) is 10.6 Å². The van der Waals surface area contributed by atoms with E-state index >= 15 is 0 Å². The van der Waals surface area contributed by atoms with Crippen molar-refractivity contribution >= 4 is 52.5 Å². The Hall–Kier alpha value is -2.02. The summed E-state index contributed by atoms with van der Waals surface area (Å²) in [6, 6.07) is 8.41. The molecule has 3 rings (SSSR count). The Kier molecular flexibility index (Phi) is 5.32. The SMILES string of the molecule is O=CN(c1ccc(F)c(F)c1)c1csc(Cc2c(Cl)cccc2Cl)n1. The number of nitrogens with zero attached hydrogens (tertiary/aromatic N) is 2. The topological polar surface area (TPSA) is 33.2 Å². The van der Waals surface area contributed by atoms with Crippen molar-refractivity contribution in [1.82, 2.24) is 4.98 Å². The minimum Gasteiger partial charge on any atom is -0.278 e. The maximum atomic E-state index is 13.4. The maximum absolute atomic E-state index is 13.4. The first-order valence-corrected chi connectivity index (χ1v) is 8.70. The third-order valence-corrected chi connectivity index (χ3v) is 5.01. The molecule has 0 spiro atoms. The molecule has 128 valence electrons. The molecule has 0 fully saturated rings. The zero-order valence-electron chi connectivity index (χ0n) is 12.5. The summed E-state index contributed by atoms with van der Waals surface area (Å²) in [4.78, 5) is 16.9. The van der Waals surface area contributed by atoms with Crippen LogP contribution in [-0.4, -0.2) is 11.4 Å². The molecule has 1 heterocycles. The molecule has 0 bridgehead atoms. The van der Waals surface area contributed by atoms with E-state index in [1.807, 2.05) is 0 Å². The molecule has 0 saturated heterocycles. The van der Waals surface area contributed by atoms with Crippen molar-refractivity contribution in [2.24, 2.45) is 0 Å². The van der Waals surface area contributed by atoms with Crippen molar-refractivity contribution in [2.75, 3.05) is 4.90 Å². The molecule has 8 heteroatoms. The number of rotatable bonds is 5. The number of hydrogen-bond donors (Lipinski definition) is 0. The predicted molar refractivity (Wildman–Crippen MR) is 95.9 cm³/mol. The lowest BCUT2D eigenvalue weighted by Gasteiger charge is -2.14. The lowest BCUT2D eigenvalue weighted by atomic mass is 10.1. The van der Waals surface area contributed by atoms with Crippen LogP contribution in [-0.2, 0) is 11.2 Å². The van der Waals surface area contributed by atoms with Crippen molar-refractivity contribution in [3.63, 3.8) is 0 Å². The van der Waals surface area contributed by atoms with Gasteiger partial charge in [-0.3, -0.25) is 9.69 Å². The highest BCUT2D eigenvalue weighted by atomic mass is 35.5. The van der Waals surface area contributed by atoms with E-state index in [1.54, 1.807) is 23.6 Å². The molecule has 25 heavy (non-hydrogen) atoms. The van der Waals surface area contributed by atoms with E-state index in [1.165, 1.54) is 17.4 Å². The number of benzene rings is 2. The van der Waals surface area contributed by atoms with Gasteiger partial charge in [0.15, 0.2) is 17.5 Å². The summed E-state index contributed by atoms with van der Waals surface area (Å²) >= 11 is 13.6. The number of amides is 1. The van der Waals surface area contributed by atoms with Gasteiger partial charge >= 0.3 is 0 Å². The highest BCUT2D eigenvalue weighted by Crippen LogP contribution is 2.31. The summed E-state index contributed by atoms with van der Waals surface area (Å²) in [6.45, 7) is 0. The summed E-state index contributed by atoms with van der Waals surface area (Å²) in [7, 11) is 0. The van der Waals surface area contributed by atoms with E-state index < -0.39 is 11.6 Å². The molecule has 0 aliphatic heterocycles. The number of carbonyl (C=O) groups is 1. The predicted octanol–water partition coefficient (Wildman–Crippen LogP) is 5.61. The zero-order chi connectivity index (χ0) is 18.0. The van der Waals surface area contributed by atoms with E-state index in [-0.39, 0.29) is 5.69 Å². The molecule has 1 amide bonds. The van der Waals surface area contributed by atoms with Gasteiger partial charge in [0, 0.05) is 27.9 Å². The van der Waals surface area contributed by atoms with Gasteiger partial charge in [-0.15, -0.1) is 11.3 Å². The highest BCUT2D eigenvalue weighted by Gasteiger charge is 2.16. The summed E-state index contributed by atoms with van der Waals surface area (Å²) in [5.41, 5.74) is 0.915. The van der Waals surface area contributed by atoms with Gasteiger partial charge in [-0.2, -0.15) is 0 Å². The molecule has 3 nitrogen and oxygen atoms in total. The van der Waals surface area contributed by atoms with Gasteiger partial charge in [-0.05, 0) is 29.8 Å². The van der Waals surface area contributed by atoms with Crippen LogP contribution in [0.15, 0.2) is 41.8 Å². The molecule has 0 saturated carbocycles. The molecule has 1 aromatic heterocycles. The second-order valence-electron chi connectivity index (χ2n) is 5.05. The minimum atomic E-state index is -1.04. The molecule has 0 N–H and O–H groups in total. The molecule has 3 aromatic rings. The minimum absolute atomic E-state index is 0.182. The largest absolute Gasteiger partial charge is 0.278 e. The quantitative estimate of drug-likeness (QED) is 0.523. The van der Waals surface area contributed by atoms with Crippen LogP contribution in [0.3, 0.4) is 0 Å². The van der Waals surface area contributed by atoms with Gasteiger partial charge in [0.2, 0.25) is 6.41 Å². The van der Waals surface area contributed by atoms with Crippen molar-refractivity contribution in [3.05, 3.63) is 74.0 Å². The van der Waals surface area contributed by atoms with Crippen molar-refractivity contribution < 1.29 is 13.6 Å². The summed E-state index contributed by atoms with van der Waals surface area (Å²) in [6.07, 6.45) is 0.891. The second-order valence-corrected chi connectivity index (χ2v) is 6.81. The fourth-order valence-electron chi connectivity index (χ4n) is 2.23. The van der Waals surface area contributed by atoms with Crippen LogP contribution < -0.4 is 4.90 Å². The number of aromatic nitrogens is 1. The average Bonchev–Trinajstić information content (AvgIpc) is 3.03. The van der Waals surface area contributed by atoms with Crippen molar-refractivity contribution in [2.45, 2.75) is 6.42 Å². The van der Waals surface area contributed by atoms with Crippen molar-refractivity contribution in [3.8, 4) is 0 Å². The number of carbonyl (C=O) groups excluding carboxylic acids is 1. The summed E-state index contributed by atoms with van der Waals surface area (Å²) < 4.78 is 26.5. The van der Waals surface area contributed by atoms with Gasteiger partial charge in [-0.25, -0.2) is 13.8 Å². The maximum Gasteiger partial charge on any atom is 0.219 e. The zero-order valence-corrected chi connectivity index (χ0v) is 14.9. The van der Waals surface area contributed by atoms with Crippen LogP contribution in [0.2, 0.25) is 10.0 Å². The van der Waals surface area contributed by atoms with E-state index in [2.05, 4.69) is 4.98 Å². The molecular formula is C17H10Cl2F2N2OS. The normalized spacial score (nSPS) is 10.7. The van der Waals surface area contributed by atoms with E-state index in [0.29, 0.717) is 33.7 Å². The Bertz CT molecular complexity index is 913. The van der Waals surface area contributed by atoms with Gasteiger partial charge in [0.25, 0.3) is 0 Å². The Balaban J connectivity index is 1.89. The molecule has 0 unspecified atom stereocenters. The summed E-state index contributed by atoms with van der Waals surface area (Å²) in [5.74, 6) is -1.71. The average molecular weight is 399 g/mol. The third kappa shape index (κ3) is 3.81. The number of halogens is 4. The Morgan fingerprint density at radius 2 is 1.84 bits per heavy atom. The van der Waals surface area contributed by atoms with Crippen LogP contribution in [0.4, 0.5) is 20.3 Å². The molecular weight excluding hydrogens is 389 g/mol. The fraction of sp³-hybridized carbons (Fsp3) is 0.0588. The van der Waals surface area contributed by atoms with Gasteiger partial charge in [0.1, 0.15) is 0 Å². The highest BCUT2D eigenvalue weighted by molar-refractivity contribution is 7.10. The summed E-state index contributed by atoms with van der Waals surface area (Å²) in [5, 5.41) is 3.38. The van der Waals surface area contributed by atoms with Crippen LogP contribution in [0.25, 0.3) is 0 Å². The number of thiazole rings is 1. The van der Waals surface area contributed by atoms with E-state index in [0.717, 1.165) is 22.6 Å². The van der Waals surface area contributed by atoms with Crippen LogP contribution in [0, 0.1) is 11.6 Å². The first-order valence-electron chi connectivity index (χ1n) is 7.06. The molecule has 0 aliphatic carbocycles. The molecule has 0 atom stereocenters. The van der Waals surface area contributed by atoms with Gasteiger partial charge in [0.05, 0.1) is 10.7 Å². The Morgan fingerprint density at radius 3 is 2.48 bits per heavy atom. The van der Waals surface area contributed by atoms with Crippen molar-refractivity contribution in [1.29, 1.82) is 0 Å². The van der Waals surface area contributed by atoms with E-state index in [4.69, 9.17) is 23.2 Å². The fourth-order valence-corrected chi connectivity index (χ4v) is 3.54. The number of anilines is 2. The van der Waals surface area contributed by atoms with Crippen LogP contribution >= 0.6 is 34.5 Å². The Morgan fingerprint density at radius 1 is 1.12 bits per heavy atom. The monoisotopic (exact) mass is 398 g/mol. The standard InChI is InChI=1S/C17H10Cl2F2N2OS/c18-12-2-1-3-13(19)11(12)7-17-22-16(8-25-17)23(9-24)10-4-5-14(20)15(21)6-10/h1-6,8-9H,7H2. The molecule has 0 aliphatic rings. The van der Waals surface area contributed by atoms with E-state index in [9.17, 15) is 13.6 Å². The van der Waals surface area contributed by atoms with Gasteiger partial charge in [-0.1, -0.05) is 29.3 Å². The smallest absolute Gasteiger partial charge is 0.219 e. The lowest BCUT2D eigenvalue weighted by Crippen LogP contribution is -2.15. The lowest BCUT2D eigenvalue weighted by molar-refractivity contribution is -0.106. The molecule has 2 aromatic carbocycles. The first kappa shape index (κ1) is 17.8. The third-order valence-electron chi connectivity index (χ3n) is 3.46. The first-order chi connectivity index (χ1) is 12.0. The second kappa shape index (κ2) is 7.47.